The second-order valence-electron chi connectivity index (χ2n) is 6.05. The van der Waals surface area contributed by atoms with Crippen molar-refractivity contribution >= 4 is 50.4 Å². The van der Waals surface area contributed by atoms with Gasteiger partial charge >= 0.3 is 0 Å². The third kappa shape index (κ3) is 3.65. The fraction of sp³-hybridized carbons (Fsp3) is 0.238. The highest BCUT2D eigenvalue weighted by Gasteiger charge is 2.17. The van der Waals surface area contributed by atoms with E-state index in [1.165, 1.54) is 0 Å². The number of hydrogen-bond acceptors (Lipinski definition) is 4. The van der Waals surface area contributed by atoms with Crippen molar-refractivity contribution in [1.82, 2.24) is 0 Å². The number of carbonyl (C=O) groups is 2. The van der Waals surface area contributed by atoms with Crippen LogP contribution < -0.4 is 0 Å². The number of thiophene rings is 2. The Morgan fingerprint density at radius 2 is 1.76 bits per heavy atom. The molecular formula is C21H20O2S2. The van der Waals surface area contributed by atoms with Crippen molar-refractivity contribution in [3.05, 3.63) is 62.7 Å². The van der Waals surface area contributed by atoms with Crippen molar-refractivity contribution in [3.63, 3.8) is 0 Å². The first-order valence-corrected chi connectivity index (χ1v) is 9.92. The average Bonchev–Trinajstić information content (AvgIpc) is 3.13. The molecule has 0 saturated carbocycles. The maximum atomic E-state index is 12.7. The highest BCUT2D eigenvalue weighted by Crippen LogP contribution is 2.32. The Bertz CT molecular complexity index is 960. The number of fused-ring (bicyclic) bond motifs is 1. The molecule has 0 fully saturated rings. The molecule has 0 radical (unpaired) electrons. The third-order valence-corrected chi connectivity index (χ3v) is 6.43. The zero-order chi connectivity index (χ0) is 18.0. The standard InChI is InChI=1S/C21H20O2S2/c1-4-15-12-17(13(2)24-15)18(22)9-7-10-19(23)21-14(3)25-20-11-6-5-8-16(20)21/h4-6,8,11-12H,1,7,9-10H2,2-3H3. The molecule has 2 heterocycles. The summed E-state index contributed by atoms with van der Waals surface area (Å²) in [5, 5.41) is 1.03. The van der Waals surface area contributed by atoms with E-state index in [-0.39, 0.29) is 11.6 Å². The first kappa shape index (κ1) is 17.8. The van der Waals surface area contributed by atoms with Crippen molar-refractivity contribution in [2.75, 3.05) is 0 Å². The SMILES string of the molecule is C=Cc1cc(C(=O)CCCC(=O)c2c(C)sc3ccccc23)c(C)s1. The number of benzene rings is 1. The minimum atomic E-state index is 0.113. The molecule has 3 aromatic rings. The lowest BCUT2D eigenvalue weighted by Gasteiger charge is -2.02. The Kier molecular flexibility index (Phi) is 5.30. The van der Waals surface area contributed by atoms with E-state index < -0.39 is 0 Å². The second kappa shape index (κ2) is 7.46. The maximum absolute atomic E-state index is 12.7. The second-order valence-corrected chi connectivity index (χ2v) is 8.60. The topological polar surface area (TPSA) is 34.1 Å². The molecule has 0 N–H and O–H groups in total. The van der Waals surface area contributed by atoms with Gasteiger partial charge in [0, 0.05) is 48.7 Å². The highest BCUT2D eigenvalue weighted by molar-refractivity contribution is 7.19. The lowest BCUT2D eigenvalue weighted by atomic mass is 10.00. The van der Waals surface area contributed by atoms with Crippen LogP contribution in [0.25, 0.3) is 16.2 Å². The van der Waals surface area contributed by atoms with Gasteiger partial charge in [-0.15, -0.1) is 22.7 Å². The molecule has 0 atom stereocenters. The number of Topliss-reactive ketones (excluding diaryl/α,β-unsaturated/α-hetero) is 2. The van der Waals surface area contributed by atoms with E-state index in [4.69, 9.17) is 0 Å². The van der Waals surface area contributed by atoms with Crippen LogP contribution in [-0.4, -0.2) is 11.6 Å². The predicted octanol–water partition coefficient (Wildman–Crippen LogP) is 6.46. The first-order chi connectivity index (χ1) is 12.0. The summed E-state index contributed by atoms with van der Waals surface area (Å²) in [6.45, 7) is 7.70. The summed E-state index contributed by atoms with van der Waals surface area (Å²) < 4.78 is 1.14. The van der Waals surface area contributed by atoms with Gasteiger partial charge in [0.25, 0.3) is 0 Å². The van der Waals surface area contributed by atoms with E-state index in [1.54, 1.807) is 28.7 Å². The van der Waals surface area contributed by atoms with E-state index in [1.807, 2.05) is 44.2 Å². The lowest BCUT2D eigenvalue weighted by molar-refractivity contribution is 0.0958. The molecule has 1 aromatic carbocycles. The summed E-state index contributed by atoms with van der Waals surface area (Å²) in [5.41, 5.74) is 1.60. The highest BCUT2D eigenvalue weighted by atomic mass is 32.1. The van der Waals surface area contributed by atoms with Crippen molar-refractivity contribution in [2.45, 2.75) is 33.1 Å². The largest absolute Gasteiger partial charge is 0.294 e. The lowest BCUT2D eigenvalue weighted by Crippen LogP contribution is -2.04. The smallest absolute Gasteiger partial charge is 0.164 e. The van der Waals surface area contributed by atoms with Crippen LogP contribution in [0.2, 0.25) is 0 Å². The van der Waals surface area contributed by atoms with Crippen molar-refractivity contribution in [1.29, 1.82) is 0 Å². The van der Waals surface area contributed by atoms with Crippen molar-refractivity contribution in [2.24, 2.45) is 0 Å². The van der Waals surface area contributed by atoms with Crippen LogP contribution >= 0.6 is 22.7 Å². The third-order valence-electron chi connectivity index (χ3n) is 4.30. The molecule has 2 aromatic heterocycles. The number of hydrogen-bond donors (Lipinski definition) is 0. The van der Waals surface area contributed by atoms with Gasteiger partial charge in [-0.2, -0.15) is 0 Å². The van der Waals surface area contributed by atoms with Crippen LogP contribution in [-0.2, 0) is 0 Å². The normalized spacial score (nSPS) is 11.0. The Morgan fingerprint density at radius 3 is 2.48 bits per heavy atom. The van der Waals surface area contributed by atoms with Gasteiger partial charge in [0.2, 0.25) is 0 Å². The molecule has 0 bridgehead atoms. The summed E-state index contributed by atoms with van der Waals surface area (Å²) in [5.74, 6) is 0.248. The van der Waals surface area contributed by atoms with Gasteiger partial charge in [0.05, 0.1) is 0 Å². The summed E-state index contributed by atoms with van der Waals surface area (Å²) in [4.78, 5) is 28.2. The van der Waals surface area contributed by atoms with Gasteiger partial charge in [-0.1, -0.05) is 30.9 Å². The number of ketones is 2. The number of aryl methyl sites for hydroxylation is 2. The molecule has 0 aliphatic rings. The van der Waals surface area contributed by atoms with E-state index in [0.29, 0.717) is 19.3 Å². The van der Waals surface area contributed by atoms with Gasteiger partial charge < -0.3 is 0 Å². The summed E-state index contributed by atoms with van der Waals surface area (Å²) in [6, 6.07) is 9.90. The van der Waals surface area contributed by atoms with E-state index >= 15 is 0 Å². The van der Waals surface area contributed by atoms with Gasteiger partial charge in [-0.3, -0.25) is 9.59 Å². The molecule has 0 aliphatic carbocycles. The zero-order valence-electron chi connectivity index (χ0n) is 14.4. The Morgan fingerprint density at radius 1 is 1.04 bits per heavy atom. The Labute approximate surface area is 155 Å². The van der Waals surface area contributed by atoms with Gasteiger partial charge in [-0.25, -0.2) is 0 Å². The molecule has 128 valence electrons. The maximum Gasteiger partial charge on any atom is 0.164 e. The van der Waals surface area contributed by atoms with Crippen LogP contribution in [0, 0.1) is 13.8 Å². The number of carbonyl (C=O) groups excluding carboxylic acids is 2. The molecule has 3 rings (SSSR count). The van der Waals surface area contributed by atoms with Gasteiger partial charge in [-0.05, 0) is 32.4 Å². The summed E-state index contributed by atoms with van der Waals surface area (Å²) >= 11 is 3.23. The molecule has 0 saturated heterocycles. The molecule has 4 heteroatoms. The van der Waals surface area contributed by atoms with Crippen LogP contribution in [0.3, 0.4) is 0 Å². The minimum absolute atomic E-state index is 0.113. The van der Waals surface area contributed by atoms with Crippen molar-refractivity contribution in [3.8, 4) is 0 Å². The minimum Gasteiger partial charge on any atom is -0.294 e. The van der Waals surface area contributed by atoms with Crippen LogP contribution in [0.15, 0.2) is 36.9 Å². The molecule has 25 heavy (non-hydrogen) atoms. The van der Waals surface area contributed by atoms with Gasteiger partial charge in [0.15, 0.2) is 11.6 Å². The van der Waals surface area contributed by atoms with Gasteiger partial charge in [0.1, 0.15) is 0 Å². The van der Waals surface area contributed by atoms with Crippen LogP contribution in [0.4, 0.5) is 0 Å². The fourth-order valence-corrected chi connectivity index (χ4v) is 5.04. The monoisotopic (exact) mass is 368 g/mol. The van der Waals surface area contributed by atoms with E-state index in [9.17, 15) is 9.59 Å². The van der Waals surface area contributed by atoms with Crippen LogP contribution in [0.5, 0.6) is 0 Å². The Hall–Kier alpha value is -2.04. The zero-order valence-corrected chi connectivity index (χ0v) is 16.1. The average molecular weight is 369 g/mol. The van der Waals surface area contributed by atoms with Crippen molar-refractivity contribution < 1.29 is 9.59 Å². The molecule has 0 aliphatic heterocycles. The molecule has 0 amide bonds. The predicted molar refractivity (Wildman–Crippen MR) is 108 cm³/mol. The molecule has 0 unspecified atom stereocenters. The van der Waals surface area contributed by atoms with Crippen LogP contribution in [0.1, 0.15) is 54.6 Å². The fourth-order valence-electron chi connectivity index (χ4n) is 3.07. The van der Waals surface area contributed by atoms with E-state index in [2.05, 4.69) is 6.58 Å². The quantitative estimate of drug-likeness (QED) is 0.449. The summed E-state index contributed by atoms with van der Waals surface area (Å²) in [7, 11) is 0. The summed E-state index contributed by atoms with van der Waals surface area (Å²) in [6.07, 6.45) is 3.16. The first-order valence-electron chi connectivity index (χ1n) is 8.28. The number of rotatable bonds is 7. The molecular weight excluding hydrogens is 348 g/mol. The molecule has 0 spiro atoms. The molecule has 2 nitrogen and oxygen atoms in total. The van der Waals surface area contributed by atoms with E-state index in [0.717, 1.165) is 35.8 Å². The Balaban J connectivity index is 1.66.